The lowest BCUT2D eigenvalue weighted by molar-refractivity contribution is 0.382. The third-order valence-corrected chi connectivity index (χ3v) is 4.56. The highest BCUT2D eigenvalue weighted by atomic mass is 16.3. The molecule has 1 atom stereocenters. The molecule has 0 amide bonds. The molecule has 2 heterocycles. The third kappa shape index (κ3) is 3.07. The quantitative estimate of drug-likeness (QED) is 0.470. The van der Waals surface area contributed by atoms with Crippen LogP contribution in [0.25, 0.3) is 22.2 Å². The molecule has 126 valence electrons. The maximum absolute atomic E-state index is 5.96. The van der Waals surface area contributed by atoms with Gasteiger partial charge in [0, 0.05) is 5.56 Å². The summed E-state index contributed by atoms with van der Waals surface area (Å²) >= 11 is 0. The van der Waals surface area contributed by atoms with Crippen LogP contribution in [0, 0.1) is 0 Å². The van der Waals surface area contributed by atoms with Gasteiger partial charge in [0.2, 0.25) is 0 Å². The van der Waals surface area contributed by atoms with Crippen LogP contribution in [-0.2, 0) is 0 Å². The van der Waals surface area contributed by atoms with E-state index in [1.165, 1.54) is 0 Å². The lowest BCUT2D eigenvalue weighted by atomic mass is 10.0. The van der Waals surface area contributed by atoms with Crippen molar-refractivity contribution in [3.63, 3.8) is 0 Å². The summed E-state index contributed by atoms with van der Waals surface area (Å²) in [4.78, 5) is 0. The summed E-state index contributed by atoms with van der Waals surface area (Å²) in [6, 6.07) is 20.6. The molecule has 2 aromatic carbocycles. The highest BCUT2D eigenvalue weighted by Gasteiger charge is 2.21. The van der Waals surface area contributed by atoms with E-state index in [0.717, 1.165) is 47.2 Å². The van der Waals surface area contributed by atoms with Gasteiger partial charge in [-0.05, 0) is 30.2 Å². The largest absolute Gasteiger partial charge is 0.466 e. The van der Waals surface area contributed by atoms with Gasteiger partial charge in [0.15, 0.2) is 0 Å². The number of aromatic nitrogens is 3. The fourth-order valence-electron chi connectivity index (χ4n) is 3.21. The molecule has 2 aromatic heterocycles. The number of nitrogens with zero attached hydrogens (tertiary/aromatic N) is 3. The Labute approximate surface area is 147 Å². The molecule has 0 aliphatic rings. The van der Waals surface area contributed by atoms with E-state index in [2.05, 4.69) is 41.5 Å². The molecule has 4 aromatic rings. The van der Waals surface area contributed by atoms with Crippen molar-refractivity contribution >= 4 is 11.0 Å². The van der Waals surface area contributed by atoms with Crippen molar-refractivity contribution in [3.05, 3.63) is 72.7 Å². The van der Waals surface area contributed by atoms with Gasteiger partial charge in [0.05, 0.1) is 11.8 Å². The molecule has 4 rings (SSSR count). The molecule has 0 saturated carbocycles. The Hall–Kier alpha value is -2.88. The number of unbranched alkanes of at least 4 members (excludes halogenated alkanes) is 1. The summed E-state index contributed by atoms with van der Waals surface area (Å²) in [5.74, 6) is 0.933. The van der Waals surface area contributed by atoms with E-state index in [1.54, 1.807) is 0 Å². The molecule has 1 unspecified atom stereocenters. The summed E-state index contributed by atoms with van der Waals surface area (Å²) in [7, 11) is 0. The molecule has 0 saturated heterocycles. The fourth-order valence-corrected chi connectivity index (χ4v) is 3.21. The Balaban J connectivity index is 1.74. The second-order valence-electron chi connectivity index (χ2n) is 6.28. The summed E-state index contributed by atoms with van der Waals surface area (Å²) in [6.45, 7) is 2.20. The number of hydrogen-bond donors (Lipinski definition) is 0. The lowest BCUT2D eigenvalue weighted by Gasteiger charge is -2.15. The first-order valence-electron chi connectivity index (χ1n) is 8.80. The van der Waals surface area contributed by atoms with Crippen LogP contribution in [0.5, 0.6) is 0 Å². The molecule has 0 aliphatic heterocycles. The van der Waals surface area contributed by atoms with Gasteiger partial charge >= 0.3 is 0 Å². The van der Waals surface area contributed by atoms with Gasteiger partial charge in [-0.2, -0.15) is 0 Å². The molecule has 4 heteroatoms. The van der Waals surface area contributed by atoms with Crippen molar-refractivity contribution in [3.8, 4) is 11.1 Å². The smallest absolute Gasteiger partial charge is 0.129 e. The second-order valence-corrected chi connectivity index (χ2v) is 6.28. The molecule has 4 nitrogen and oxygen atoms in total. The first-order valence-corrected chi connectivity index (χ1v) is 8.80. The Morgan fingerprint density at radius 3 is 2.64 bits per heavy atom. The van der Waals surface area contributed by atoms with Crippen LogP contribution in [0.1, 0.15) is 38.0 Å². The second kappa shape index (κ2) is 6.93. The number of rotatable bonds is 6. The topological polar surface area (TPSA) is 43.9 Å². The summed E-state index contributed by atoms with van der Waals surface area (Å²) in [5, 5.41) is 8.72. The number of hydrogen-bond acceptors (Lipinski definition) is 3. The van der Waals surface area contributed by atoms with E-state index < -0.39 is 0 Å². The maximum atomic E-state index is 5.96. The normalized spacial score (nSPS) is 12.5. The number of fused-ring (bicyclic) bond motifs is 1. The highest BCUT2D eigenvalue weighted by Crippen LogP contribution is 2.31. The van der Waals surface area contributed by atoms with Crippen LogP contribution in [0.15, 0.2) is 71.3 Å². The van der Waals surface area contributed by atoms with Crippen LogP contribution in [-0.4, -0.2) is 15.0 Å². The van der Waals surface area contributed by atoms with E-state index in [0.29, 0.717) is 0 Å². The monoisotopic (exact) mass is 331 g/mol. The minimum absolute atomic E-state index is 0.0600. The summed E-state index contributed by atoms with van der Waals surface area (Å²) in [6.07, 6.45) is 5.06. The first-order chi connectivity index (χ1) is 12.4. The van der Waals surface area contributed by atoms with Crippen molar-refractivity contribution in [2.24, 2.45) is 0 Å². The molecule has 0 bridgehead atoms. The molecule has 0 fully saturated rings. The molecule has 0 aliphatic carbocycles. The van der Waals surface area contributed by atoms with E-state index >= 15 is 0 Å². The van der Waals surface area contributed by atoms with Gasteiger partial charge in [0.1, 0.15) is 17.3 Å². The Morgan fingerprint density at radius 2 is 1.80 bits per heavy atom. The molecule has 0 spiro atoms. The summed E-state index contributed by atoms with van der Waals surface area (Å²) < 4.78 is 7.96. The van der Waals surface area contributed by atoms with Crippen molar-refractivity contribution < 1.29 is 4.42 Å². The fraction of sp³-hybridized carbons (Fsp3) is 0.238. The van der Waals surface area contributed by atoms with Gasteiger partial charge in [-0.1, -0.05) is 67.4 Å². The van der Waals surface area contributed by atoms with Crippen LogP contribution in [0.2, 0.25) is 0 Å². The van der Waals surface area contributed by atoms with Crippen LogP contribution < -0.4 is 0 Å². The average Bonchev–Trinajstić information content (AvgIpc) is 3.31. The van der Waals surface area contributed by atoms with Gasteiger partial charge in [-0.25, -0.2) is 4.68 Å². The molecular formula is C21H21N3O. The van der Waals surface area contributed by atoms with E-state index in [1.807, 2.05) is 47.3 Å². The zero-order chi connectivity index (χ0) is 17.1. The molecule has 25 heavy (non-hydrogen) atoms. The number of benzene rings is 2. The third-order valence-electron chi connectivity index (χ3n) is 4.56. The van der Waals surface area contributed by atoms with Crippen LogP contribution in [0.3, 0.4) is 0 Å². The molecule has 0 radical (unpaired) electrons. The lowest BCUT2D eigenvalue weighted by Crippen LogP contribution is -2.11. The van der Waals surface area contributed by atoms with E-state index in [-0.39, 0.29) is 6.04 Å². The minimum Gasteiger partial charge on any atom is -0.466 e. The molecular weight excluding hydrogens is 310 g/mol. The predicted octanol–water partition coefficient (Wildman–Crippen LogP) is 5.47. The Morgan fingerprint density at radius 1 is 1.00 bits per heavy atom. The van der Waals surface area contributed by atoms with Gasteiger partial charge in [0.25, 0.3) is 0 Å². The average molecular weight is 331 g/mol. The zero-order valence-corrected chi connectivity index (χ0v) is 14.3. The van der Waals surface area contributed by atoms with Gasteiger partial charge in [-0.3, -0.25) is 0 Å². The number of furan rings is 1. The zero-order valence-electron chi connectivity index (χ0n) is 14.3. The minimum atomic E-state index is 0.0600. The SMILES string of the molecule is CCCCC(c1cc(-c2ccccc2)co1)n1nnc2ccccc21. The van der Waals surface area contributed by atoms with Crippen molar-refractivity contribution in [1.29, 1.82) is 0 Å². The predicted molar refractivity (Wildman–Crippen MR) is 99.3 cm³/mol. The van der Waals surface area contributed by atoms with E-state index in [4.69, 9.17) is 4.42 Å². The standard InChI is InChI=1S/C21H21N3O/c1-2-3-12-20(24-19-13-8-7-11-18(19)22-23-24)21-14-17(15-25-21)16-9-5-4-6-10-16/h4-11,13-15,20H,2-3,12H2,1H3. The maximum Gasteiger partial charge on any atom is 0.129 e. The van der Waals surface area contributed by atoms with Gasteiger partial charge < -0.3 is 4.42 Å². The Kier molecular flexibility index (Phi) is 4.34. The molecule has 0 N–H and O–H groups in total. The van der Waals surface area contributed by atoms with Crippen molar-refractivity contribution in [2.75, 3.05) is 0 Å². The first kappa shape index (κ1) is 15.6. The van der Waals surface area contributed by atoms with Crippen LogP contribution >= 0.6 is 0 Å². The van der Waals surface area contributed by atoms with Crippen LogP contribution in [0.4, 0.5) is 0 Å². The summed E-state index contributed by atoms with van der Waals surface area (Å²) in [5.41, 5.74) is 4.22. The van der Waals surface area contributed by atoms with Gasteiger partial charge in [-0.15, -0.1) is 5.10 Å². The number of para-hydroxylation sites is 1. The highest BCUT2D eigenvalue weighted by molar-refractivity contribution is 5.74. The van der Waals surface area contributed by atoms with Crippen molar-refractivity contribution in [1.82, 2.24) is 15.0 Å². The Bertz CT molecular complexity index is 955. The van der Waals surface area contributed by atoms with Crippen molar-refractivity contribution in [2.45, 2.75) is 32.2 Å². The van der Waals surface area contributed by atoms with E-state index in [9.17, 15) is 0 Å².